The molecule has 0 atom stereocenters. The van der Waals surface area contributed by atoms with Crippen LogP contribution in [0.5, 0.6) is 0 Å². The Kier molecular flexibility index (Phi) is 4.27. The van der Waals surface area contributed by atoms with E-state index in [2.05, 4.69) is 40.0 Å². The van der Waals surface area contributed by atoms with E-state index >= 15 is 0 Å². The van der Waals surface area contributed by atoms with E-state index in [0.717, 1.165) is 25.4 Å². The van der Waals surface area contributed by atoms with Gasteiger partial charge in [-0.05, 0) is 65.1 Å². The Hall–Kier alpha value is -2.25. The molecule has 0 radical (unpaired) electrons. The minimum absolute atomic E-state index is 0.203. The number of nitrogens with zero attached hydrogens (tertiary/aromatic N) is 1. The van der Waals surface area contributed by atoms with Crippen LogP contribution in [0.4, 0.5) is 0 Å². The van der Waals surface area contributed by atoms with Gasteiger partial charge in [-0.15, -0.1) is 0 Å². The van der Waals surface area contributed by atoms with Crippen molar-refractivity contribution >= 4 is 67.6 Å². The van der Waals surface area contributed by atoms with Gasteiger partial charge in [0.05, 0.1) is 11.0 Å². The van der Waals surface area contributed by atoms with Crippen LogP contribution < -0.4 is 5.32 Å². The largest absolute Gasteiger partial charge is 0.298 e. The smallest absolute Gasteiger partial charge is 0.257 e. The number of aromatic nitrogens is 1. The first-order valence-electron chi connectivity index (χ1n) is 7.74. The second-order valence-corrected chi connectivity index (χ2v) is 7.27. The summed E-state index contributed by atoms with van der Waals surface area (Å²) in [5, 5.41) is 5.47. The second kappa shape index (κ2) is 6.57. The Bertz CT molecular complexity index is 1080. The molecule has 0 aliphatic heterocycles. The van der Waals surface area contributed by atoms with Crippen molar-refractivity contribution in [3.8, 4) is 0 Å². The van der Waals surface area contributed by atoms with E-state index in [1.807, 2.05) is 59.2 Å². The zero-order chi connectivity index (χ0) is 17.4. The normalized spacial score (nSPS) is 10.9. The molecular weight excluding hydrogens is 443 g/mol. The van der Waals surface area contributed by atoms with Crippen LogP contribution in [0.25, 0.3) is 21.8 Å². The molecule has 5 heteroatoms. The van der Waals surface area contributed by atoms with Crippen LogP contribution in [0.1, 0.15) is 10.4 Å². The molecule has 0 fully saturated rings. The number of benzene rings is 3. The van der Waals surface area contributed by atoms with E-state index in [-0.39, 0.29) is 5.91 Å². The van der Waals surface area contributed by atoms with Gasteiger partial charge >= 0.3 is 0 Å². The first-order valence-corrected chi connectivity index (χ1v) is 9.23. The van der Waals surface area contributed by atoms with Gasteiger partial charge in [0.25, 0.3) is 5.91 Å². The zero-order valence-electron chi connectivity index (χ0n) is 13.1. The van der Waals surface area contributed by atoms with Crippen LogP contribution >= 0.6 is 34.8 Å². The summed E-state index contributed by atoms with van der Waals surface area (Å²) in [7, 11) is 0. The van der Waals surface area contributed by atoms with Crippen molar-refractivity contribution in [2.24, 2.45) is 0 Å². The third kappa shape index (κ3) is 2.94. The highest BCUT2D eigenvalue weighted by Crippen LogP contribution is 2.28. The van der Waals surface area contributed by atoms with Gasteiger partial charge in [0.2, 0.25) is 0 Å². The summed E-state index contributed by atoms with van der Waals surface area (Å²) < 4.78 is 2.93. The van der Waals surface area contributed by atoms with Crippen LogP contribution in [0.3, 0.4) is 0 Å². The average Bonchev–Trinajstić information content (AvgIpc) is 2.96. The molecule has 4 aromatic rings. The van der Waals surface area contributed by atoms with Crippen molar-refractivity contribution in [3.05, 3.63) is 81.9 Å². The molecule has 3 nitrogen and oxygen atoms in total. The Labute approximate surface area is 163 Å². The van der Waals surface area contributed by atoms with E-state index in [0.29, 0.717) is 10.7 Å². The number of thiocarbonyl (C=S) groups is 1. The summed E-state index contributed by atoms with van der Waals surface area (Å²) in [6.45, 7) is 0. The Morgan fingerprint density at radius 2 is 1.48 bits per heavy atom. The molecule has 0 bridgehead atoms. The minimum Gasteiger partial charge on any atom is -0.298 e. The number of carbonyl (C=O) groups is 1. The molecule has 0 saturated carbocycles. The van der Waals surface area contributed by atoms with Gasteiger partial charge in [0, 0.05) is 19.9 Å². The number of rotatable bonds is 1. The highest BCUT2D eigenvalue weighted by molar-refractivity contribution is 14.1. The summed E-state index contributed by atoms with van der Waals surface area (Å²) in [6, 6.07) is 23.6. The lowest BCUT2D eigenvalue weighted by molar-refractivity contribution is 0.0977. The molecule has 1 aromatic heterocycles. The van der Waals surface area contributed by atoms with Gasteiger partial charge in [-0.2, -0.15) is 0 Å². The number of carbonyl (C=O) groups excluding carboxylic acids is 1. The predicted molar refractivity (Wildman–Crippen MR) is 114 cm³/mol. The van der Waals surface area contributed by atoms with Crippen LogP contribution in [0.15, 0.2) is 72.8 Å². The second-order valence-electron chi connectivity index (χ2n) is 5.64. The molecule has 0 saturated heterocycles. The average molecular weight is 456 g/mol. The topological polar surface area (TPSA) is 34.0 Å². The lowest BCUT2D eigenvalue weighted by atomic mass is 10.2. The first kappa shape index (κ1) is 16.2. The van der Waals surface area contributed by atoms with Crippen molar-refractivity contribution in [2.45, 2.75) is 0 Å². The van der Waals surface area contributed by atoms with E-state index in [1.165, 1.54) is 0 Å². The molecule has 0 spiro atoms. The SMILES string of the molecule is O=C(NC(=S)n1c2ccccc2c2ccccc21)c1cccc(I)c1. The number of hydrogen-bond donors (Lipinski definition) is 1. The summed E-state index contributed by atoms with van der Waals surface area (Å²) in [6.07, 6.45) is 0. The fraction of sp³-hybridized carbons (Fsp3) is 0. The molecule has 0 aliphatic carbocycles. The Morgan fingerprint density at radius 1 is 0.880 bits per heavy atom. The first-order chi connectivity index (χ1) is 12.1. The van der Waals surface area contributed by atoms with Gasteiger partial charge in [0.15, 0.2) is 5.11 Å². The molecule has 4 rings (SSSR count). The number of fused-ring (bicyclic) bond motifs is 3. The molecule has 25 heavy (non-hydrogen) atoms. The number of halogens is 1. The predicted octanol–water partition coefficient (Wildman–Crippen LogP) is 4.96. The number of amides is 1. The number of nitrogens with one attached hydrogen (secondary N) is 1. The fourth-order valence-electron chi connectivity index (χ4n) is 3.00. The molecule has 122 valence electrons. The molecule has 0 aliphatic rings. The maximum Gasteiger partial charge on any atom is 0.257 e. The summed E-state index contributed by atoms with van der Waals surface area (Å²) in [5.41, 5.74) is 2.56. The Balaban J connectivity index is 1.78. The van der Waals surface area contributed by atoms with Crippen molar-refractivity contribution in [2.75, 3.05) is 0 Å². The maximum atomic E-state index is 12.6. The standard InChI is InChI=1S/C20H13IN2OS/c21-14-7-5-6-13(12-14)19(24)22-20(25)23-17-10-3-1-8-15(17)16-9-2-4-11-18(16)23/h1-12H,(H,22,24,25). The van der Waals surface area contributed by atoms with E-state index < -0.39 is 0 Å². The molecule has 3 aromatic carbocycles. The fourth-order valence-corrected chi connectivity index (χ4v) is 3.83. The van der Waals surface area contributed by atoms with E-state index in [1.54, 1.807) is 6.07 Å². The molecule has 1 N–H and O–H groups in total. The van der Waals surface area contributed by atoms with Gasteiger partial charge in [-0.3, -0.25) is 14.7 Å². The van der Waals surface area contributed by atoms with Gasteiger partial charge in [0.1, 0.15) is 0 Å². The van der Waals surface area contributed by atoms with Crippen molar-refractivity contribution in [1.82, 2.24) is 9.88 Å². The van der Waals surface area contributed by atoms with Crippen molar-refractivity contribution in [1.29, 1.82) is 0 Å². The van der Waals surface area contributed by atoms with E-state index in [4.69, 9.17) is 12.2 Å². The quantitative estimate of drug-likeness (QED) is 0.325. The van der Waals surface area contributed by atoms with Crippen LogP contribution in [-0.2, 0) is 0 Å². The van der Waals surface area contributed by atoms with Crippen LogP contribution in [-0.4, -0.2) is 15.6 Å². The molecule has 1 heterocycles. The number of para-hydroxylation sites is 2. The third-order valence-electron chi connectivity index (χ3n) is 4.09. The van der Waals surface area contributed by atoms with Crippen molar-refractivity contribution in [3.63, 3.8) is 0 Å². The lowest BCUT2D eigenvalue weighted by Crippen LogP contribution is -2.33. The van der Waals surface area contributed by atoms with Gasteiger partial charge in [-0.1, -0.05) is 42.5 Å². The zero-order valence-corrected chi connectivity index (χ0v) is 16.0. The van der Waals surface area contributed by atoms with Crippen LogP contribution in [0, 0.1) is 3.57 Å². The monoisotopic (exact) mass is 456 g/mol. The summed E-state index contributed by atoms with van der Waals surface area (Å²) >= 11 is 7.76. The third-order valence-corrected chi connectivity index (χ3v) is 5.05. The molecular formula is C20H13IN2OS. The van der Waals surface area contributed by atoms with Gasteiger partial charge in [-0.25, -0.2) is 0 Å². The molecule has 0 unspecified atom stereocenters. The summed E-state index contributed by atoms with van der Waals surface area (Å²) in [4.78, 5) is 12.6. The minimum atomic E-state index is -0.203. The lowest BCUT2D eigenvalue weighted by Gasteiger charge is -2.11. The highest BCUT2D eigenvalue weighted by Gasteiger charge is 2.15. The van der Waals surface area contributed by atoms with Crippen molar-refractivity contribution < 1.29 is 4.79 Å². The summed E-state index contributed by atoms with van der Waals surface area (Å²) in [5.74, 6) is -0.203. The Morgan fingerprint density at radius 3 is 2.08 bits per heavy atom. The van der Waals surface area contributed by atoms with Gasteiger partial charge < -0.3 is 0 Å². The highest BCUT2D eigenvalue weighted by atomic mass is 127. The maximum absolute atomic E-state index is 12.6. The number of hydrogen-bond acceptors (Lipinski definition) is 2. The molecule has 1 amide bonds. The van der Waals surface area contributed by atoms with E-state index in [9.17, 15) is 4.79 Å². The van der Waals surface area contributed by atoms with Crippen LogP contribution in [0.2, 0.25) is 0 Å².